The molecule has 0 aromatic carbocycles. The molecule has 1 nitrogen and oxygen atoms in total. The van der Waals surface area contributed by atoms with Gasteiger partial charge in [-0.05, 0) is 6.42 Å². The van der Waals surface area contributed by atoms with Gasteiger partial charge in [-0.2, -0.15) is 0 Å². The molecule has 0 bridgehead atoms. The van der Waals surface area contributed by atoms with Gasteiger partial charge in [0.1, 0.15) is 6.61 Å². The molecule has 0 aromatic heterocycles. The average Bonchev–Trinajstić information content (AvgIpc) is 2.03. The summed E-state index contributed by atoms with van der Waals surface area (Å²) in [7, 11) is 1.66. The van der Waals surface area contributed by atoms with E-state index < -0.39 is 0 Å². The number of rotatable bonds is 5. The fourth-order valence-electron chi connectivity index (χ4n) is 0.779. The SMILES string of the molecule is [CH2]CCCCCC#CCOC. The highest BCUT2D eigenvalue weighted by Crippen LogP contribution is 2.00. The van der Waals surface area contributed by atoms with E-state index in [1.807, 2.05) is 0 Å². The van der Waals surface area contributed by atoms with E-state index in [9.17, 15) is 0 Å². The minimum atomic E-state index is 0.565. The first-order chi connectivity index (χ1) is 5.41. The van der Waals surface area contributed by atoms with Crippen molar-refractivity contribution in [2.24, 2.45) is 0 Å². The van der Waals surface area contributed by atoms with Gasteiger partial charge in [0, 0.05) is 13.5 Å². The van der Waals surface area contributed by atoms with Gasteiger partial charge in [0.25, 0.3) is 0 Å². The van der Waals surface area contributed by atoms with Crippen LogP contribution >= 0.6 is 0 Å². The molecule has 11 heavy (non-hydrogen) atoms. The van der Waals surface area contributed by atoms with Gasteiger partial charge in [-0.3, -0.25) is 0 Å². The maximum absolute atomic E-state index is 4.79. The normalized spacial score (nSPS) is 8.91. The van der Waals surface area contributed by atoms with Crippen LogP contribution in [-0.2, 0) is 4.74 Å². The van der Waals surface area contributed by atoms with Gasteiger partial charge in [0.05, 0.1) is 0 Å². The van der Waals surface area contributed by atoms with Gasteiger partial charge < -0.3 is 4.74 Å². The standard InChI is InChI=1S/C10H17O/c1-3-4-5-6-7-8-9-10-11-2/h1,3-7,10H2,2H3. The van der Waals surface area contributed by atoms with E-state index in [1.165, 1.54) is 19.3 Å². The van der Waals surface area contributed by atoms with E-state index in [1.54, 1.807) is 7.11 Å². The molecule has 0 heterocycles. The monoisotopic (exact) mass is 153 g/mol. The lowest BCUT2D eigenvalue weighted by atomic mass is 10.2. The number of hydrogen-bond donors (Lipinski definition) is 0. The largest absolute Gasteiger partial charge is 0.372 e. The number of unbranched alkanes of at least 4 members (excludes halogenated alkanes) is 4. The van der Waals surface area contributed by atoms with Crippen LogP contribution in [0, 0.1) is 18.8 Å². The lowest BCUT2D eigenvalue weighted by Crippen LogP contribution is -1.81. The molecule has 0 spiro atoms. The van der Waals surface area contributed by atoms with Gasteiger partial charge in [0.2, 0.25) is 0 Å². The molecule has 0 amide bonds. The van der Waals surface area contributed by atoms with Gasteiger partial charge in [0.15, 0.2) is 0 Å². The van der Waals surface area contributed by atoms with Crippen LogP contribution in [0.25, 0.3) is 0 Å². The molecule has 1 heteroatoms. The van der Waals surface area contributed by atoms with Crippen LogP contribution in [0.5, 0.6) is 0 Å². The van der Waals surface area contributed by atoms with E-state index in [0.717, 1.165) is 12.8 Å². The Morgan fingerprint density at radius 2 is 2.00 bits per heavy atom. The summed E-state index contributed by atoms with van der Waals surface area (Å²) >= 11 is 0. The summed E-state index contributed by atoms with van der Waals surface area (Å²) in [6.45, 7) is 4.34. The third kappa shape index (κ3) is 9.52. The fraction of sp³-hybridized carbons (Fsp3) is 0.700. The molecular formula is C10H17O. The highest BCUT2D eigenvalue weighted by Gasteiger charge is 1.83. The van der Waals surface area contributed by atoms with Crippen molar-refractivity contribution in [1.29, 1.82) is 0 Å². The van der Waals surface area contributed by atoms with Crippen molar-refractivity contribution in [2.75, 3.05) is 13.7 Å². The van der Waals surface area contributed by atoms with E-state index in [2.05, 4.69) is 18.8 Å². The van der Waals surface area contributed by atoms with Crippen LogP contribution in [0.1, 0.15) is 32.1 Å². The Kier molecular flexibility index (Phi) is 9.10. The Morgan fingerprint density at radius 3 is 2.64 bits per heavy atom. The van der Waals surface area contributed by atoms with Crippen LogP contribution < -0.4 is 0 Å². The summed E-state index contributed by atoms with van der Waals surface area (Å²) < 4.78 is 4.79. The molecule has 0 N–H and O–H groups in total. The third-order valence-electron chi connectivity index (χ3n) is 1.39. The van der Waals surface area contributed by atoms with Crippen molar-refractivity contribution in [3.8, 4) is 11.8 Å². The molecule has 0 unspecified atom stereocenters. The summed E-state index contributed by atoms with van der Waals surface area (Å²) in [5, 5.41) is 0. The van der Waals surface area contributed by atoms with Crippen molar-refractivity contribution in [1.82, 2.24) is 0 Å². The smallest absolute Gasteiger partial charge is 0.107 e. The lowest BCUT2D eigenvalue weighted by molar-refractivity contribution is 0.239. The highest BCUT2D eigenvalue weighted by molar-refractivity contribution is 4.98. The molecule has 0 atom stereocenters. The van der Waals surface area contributed by atoms with Crippen molar-refractivity contribution in [2.45, 2.75) is 32.1 Å². The van der Waals surface area contributed by atoms with Crippen LogP contribution in [0.2, 0.25) is 0 Å². The Morgan fingerprint density at radius 1 is 1.18 bits per heavy atom. The second kappa shape index (κ2) is 9.52. The van der Waals surface area contributed by atoms with Crippen LogP contribution in [0.3, 0.4) is 0 Å². The summed E-state index contributed by atoms with van der Waals surface area (Å²) in [5.41, 5.74) is 0. The lowest BCUT2D eigenvalue weighted by Gasteiger charge is -1.91. The zero-order valence-corrected chi connectivity index (χ0v) is 7.36. The molecule has 1 radical (unpaired) electrons. The van der Waals surface area contributed by atoms with Gasteiger partial charge in [-0.15, -0.1) is 5.92 Å². The Labute approximate surface area is 70.1 Å². The molecule has 0 saturated carbocycles. The second-order valence-electron chi connectivity index (χ2n) is 2.45. The van der Waals surface area contributed by atoms with E-state index in [0.29, 0.717) is 6.61 Å². The predicted molar refractivity (Wildman–Crippen MR) is 48.1 cm³/mol. The third-order valence-corrected chi connectivity index (χ3v) is 1.39. The minimum Gasteiger partial charge on any atom is -0.372 e. The maximum Gasteiger partial charge on any atom is 0.107 e. The molecule has 0 rings (SSSR count). The van der Waals surface area contributed by atoms with Crippen LogP contribution in [0.4, 0.5) is 0 Å². The summed E-state index contributed by atoms with van der Waals surface area (Å²) in [5.74, 6) is 5.97. The van der Waals surface area contributed by atoms with Crippen molar-refractivity contribution < 1.29 is 4.74 Å². The molecule has 0 aliphatic carbocycles. The van der Waals surface area contributed by atoms with Gasteiger partial charge in [-0.25, -0.2) is 0 Å². The van der Waals surface area contributed by atoms with Gasteiger partial charge in [-0.1, -0.05) is 32.1 Å². The first-order valence-electron chi connectivity index (χ1n) is 4.15. The van der Waals surface area contributed by atoms with Crippen molar-refractivity contribution in [3.05, 3.63) is 6.92 Å². The zero-order valence-electron chi connectivity index (χ0n) is 7.36. The Balaban J connectivity index is 2.96. The number of ether oxygens (including phenoxy) is 1. The van der Waals surface area contributed by atoms with Crippen LogP contribution in [-0.4, -0.2) is 13.7 Å². The van der Waals surface area contributed by atoms with E-state index in [4.69, 9.17) is 4.74 Å². The van der Waals surface area contributed by atoms with Crippen molar-refractivity contribution >= 4 is 0 Å². The molecule has 0 saturated heterocycles. The maximum atomic E-state index is 4.79. The Hall–Kier alpha value is -0.480. The predicted octanol–water partition coefficient (Wildman–Crippen LogP) is 2.42. The molecule has 63 valence electrons. The molecule has 0 fully saturated rings. The summed E-state index contributed by atoms with van der Waals surface area (Å²) in [6.07, 6.45) is 5.73. The summed E-state index contributed by atoms with van der Waals surface area (Å²) in [6, 6.07) is 0. The minimum absolute atomic E-state index is 0.565. The van der Waals surface area contributed by atoms with Crippen LogP contribution in [0.15, 0.2) is 0 Å². The fourth-order valence-corrected chi connectivity index (χ4v) is 0.779. The number of methoxy groups -OCH3 is 1. The molecular weight excluding hydrogens is 136 g/mol. The second-order valence-corrected chi connectivity index (χ2v) is 2.45. The topological polar surface area (TPSA) is 9.23 Å². The molecule has 0 aliphatic rings. The first-order valence-corrected chi connectivity index (χ1v) is 4.15. The first kappa shape index (κ1) is 10.5. The van der Waals surface area contributed by atoms with Crippen molar-refractivity contribution in [3.63, 3.8) is 0 Å². The average molecular weight is 153 g/mol. The zero-order chi connectivity index (χ0) is 8.36. The number of hydrogen-bond acceptors (Lipinski definition) is 1. The molecule has 0 aliphatic heterocycles. The summed E-state index contributed by atoms with van der Waals surface area (Å²) in [4.78, 5) is 0. The van der Waals surface area contributed by atoms with E-state index >= 15 is 0 Å². The van der Waals surface area contributed by atoms with Gasteiger partial charge >= 0.3 is 0 Å². The highest BCUT2D eigenvalue weighted by atomic mass is 16.5. The Bertz CT molecular complexity index is 119. The quantitative estimate of drug-likeness (QED) is 0.435. The van der Waals surface area contributed by atoms with E-state index in [-0.39, 0.29) is 0 Å². The molecule has 0 aromatic rings.